The number of nitrogens with two attached hydrogens (primary N) is 1. The molecule has 4 N–H and O–H groups in total. The summed E-state index contributed by atoms with van der Waals surface area (Å²) < 4.78 is 0. The van der Waals surface area contributed by atoms with Gasteiger partial charge < -0.3 is 16.2 Å². The normalized spacial score (nSPS) is 12.1. The first kappa shape index (κ1) is 15.7. The first-order chi connectivity index (χ1) is 9.24. The molecule has 0 radical (unpaired) electrons. The molecule has 0 bridgehead atoms. The number of hydrogen-bond donors (Lipinski definition) is 3. The minimum atomic E-state index is -0.637. The van der Waals surface area contributed by atoms with Gasteiger partial charge in [-0.15, -0.1) is 0 Å². The highest BCUT2D eigenvalue weighted by Crippen LogP contribution is 2.10. The second-order valence-electron chi connectivity index (χ2n) is 4.68. The van der Waals surface area contributed by atoms with Crippen LogP contribution in [0.2, 0.25) is 0 Å². The Morgan fingerprint density at radius 1 is 1.16 bits per heavy atom. The van der Waals surface area contributed by atoms with E-state index in [1.165, 1.54) is 0 Å². The molecule has 1 unspecified atom stereocenters. The van der Waals surface area contributed by atoms with Crippen LogP contribution in [0.5, 0.6) is 0 Å². The van der Waals surface area contributed by atoms with Gasteiger partial charge in [0, 0.05) is 13.0 Å². The molecule has 0 aliphatic rings. The molecule has 0 aliphatic carbocycles. The molecule has 4 heteroatoms. The Hall–Kier alpha value is -1.39. The summed E-state index contributed by atoms with van der Waals surface area (Å²) in [6.07, 6.45) is 3.90. The van der Waals surface area contributed by atoms with Gasteiger partial charge in [-0.05, 0) is 24.9 Å². The van der Waals surface area contributed by atoms with Crippen LogP contribution >= 0.6 is 0 Å². The van der Waals surface area contributed by atoms with E-state index in [1.54, 1.807) is 0 Å². The van der Waals surface area contributed by atoms with Crippen LogP contribution in [0.4, 0.5) is 0 Å². The molecule has 4 nitrogen and oxygen atoms in total. The topological polar surface area (TPSA) is 75.4 Å². The van der Waals surface area contributed by atoms with E-state index in [-0.39, 0.29) is 12.5 Å². The van der Waals surface area contributed by atoms with Gasteiger partial charge in [-0.2, -0.15) is 0 Å². The first-order valence-corrected chi connectivity index (χ1v) is 6.94. The maximum Gasteiger partial charge on any atom is 0.220 e. The van der Waals surface area contributed by atoms with Crippen LogP contribution in [-0.4, -0.2) is 24.1 Å². The molecule has 19 heavy (non-hydrogen) atoms. The van der Waals surface area contributed by atoms with Crippen molar-refractivity contribution in [2.24, 2.45) is 5.73 Å². The maximum atomic E-state index is 11.6. The summed E-state index contributed by atoms with van der Waals surface area (Å²) in [4.78, 5) is 11.6. The molecule has 1 atom stereocenters. The van der Waals surface area contributed by atoms with Crippen molar-refractivity contribution in [3.05, 3.63) is 35.9 Å². The number of aliphatic hydroxyl groups is 1. The molecule has 106 valence electrons. The van der Waals surface area contributed by atoms with Gasteiger partial charge in [0.25, 0.3) is 0 Å². The summed E-state index contributed by atoms with van der Waals surface area (Å²) in [6.45, 7) is 0.987. The van der Waals surface area contributed by atoms with Crippen molar-refractivity contribution in [2.75, 3.05) is 13.1 Å². The molecule has 0 saturated heterocycles. The van der Waals surface area contributed by atoms with Crippen molar-refractivity contribution in [1.82, 2.24) is 5.32 Å². The van der Waals surface area contributed by atoms with Crippen molar-refractivity contribution in [2.45, 2.75) is 38.2 Å². The van der Waals surface area contributed by atoms with Crippen LogP contribution in [0.15, 0.2) is 30.3 Å². The van der Waals surface area contributed by atoms with E-state index in [2.05, 4.69) is 5.32 Å². The molecule has 0 spiro atoms. The number of amides is 1. The number of aliphatic hydroxyl groups excluding tert-OH is 1. The fourth-order valence-electron chi connectivity index (χ4n) is 1.88. The summed E-state index contributed by atoms with van der Waals surface area (Å²) in [7, 11) is 0. The predicted molar refractivity (Wildman–Crippen MR) is 76.6 cm³/mol. The minimum absolute atomic E-state index is 0.00253. The highest BCUT2D eigenvalue weighted by Gasteiger charge is 2.08. The maximum absolute atomic E-state index is 11.6. The third-order valence-electron chi connectivity index (χ3n) is 3.03. The molecule has 0 saturated carbocycles. The van der Waals surface area contributed by atoms with Crippen LogP contribution in [0.3, 0.4) is 0 Å². The molecular formula is C15H24N2O2. The Balaban J connectivity index is 2.13. The summed E-state index contributed by atoms with van der Waals surface area (Å²) in [5, 5.41) is 12.6. The van der Waals surface area contributed by atoms with Gasteiger partial charge in [-0.25, -0.2) is 0 Å². The summed E-state index contributed by atoms with van der Waals surface area (Å²) in [5.41, 5.74) is 6.22. The number of carbonyl (C=O) groups excluding carboxylic acids is 1. The molecule has 1 aromatic carbocycles. The minimum Gasteiger partial charge on any atom is -0.387 e. The average molecular weight is 264 g/mol. The Kier molecular flexibility index (Phi) is 7.86. The van der Waals surface area contributed by atoms with Crippen molar-refractivity contribution < 1.29 is 9.90 Å². The van der Waals surface area contributed by atoms with Crippen LogP contribution in [0.1, 0.15) is 43.8 Å². The van der Waals surface area contributed by atoms with Gasteiger partial charge >= 0.3 is 0 Å². The zero-order valence-corrected chi connectivity index (χ0v) is 11.3. The summed E-state index contributed by atoms with van der Waals surface area (Å²) in [5.74, 6) is 0.00253. The number of rotatable bonds is 9. The zero-order valence-electron chi connectivity index (χ0n) is 11.3. The summed E-state index contributed by atoms with van der Waals surface area (Å²) in [6, 6.07) is 9.35. The van der Waals surface area contributed by atoms with E-state index in [1.807, 2.05) is 30.3 Å². The van der Waals surface area contributed by atoms with Crippen LogP contribution in [-0.2, 0) is 4.79 Å². The van der Waals surface area contributed by atoms with Gasteiger partial charge in [-0.1, -0.05) is 43.2 Å². The van der Waals surface area contributed by atoms with Gasteiger partial charge in [0.1, 0.15) is 0 Å². The largest absolute Gasteiger partial charge is 0.387 e. The standard InChI is InChI=1S/C15H24N2O2/c16-11-7-2-1-6-10-15(19)17-12-14(18)13-8-4-3-5-9-13/h3-5,8-9,14,18H,1-2,6-7,10-12,16H2,(H,17,19). The Morgan fingerprint density at radius 3 is 2.53 bits per heavy atom. The molecular weight excluding hydrogens is 240 g/mol. The zero-order chi connectivity index (χ0) is 13.9. The molecule has 0 fully saturated rings. The molecule has 0 heterocycles. The van der Waals surface area contributed by atoms with Gasteiger partial charge in [0.2, 0.25) is 5.91 Å². The monoisotopic (exact) mass is 264 g/mol. The van der Waals surface area contributed by atoms with Gasteiger partial charge in [0.05, 0.1) is 6.10 Å². The van der Waals surface area contributed by atoms with Crippen molar-refractivity contribution in [1.29, 1.82) is 0 Å². The number of hydrogen-bond acceptors (Lipinski definition) is 3. The van der Waals surface area contributed by atoms with Crippen LogP contribution < -0.4 is 11.1 Å². The molecule has 0 aromatic heterocycles. The first-order valence-electron chi connectivity index (χ1n) is 6.94. The number of unbranched alkanes of at least 4 members (excludes halogenated alkanes) is 3. The third kappa shape index (κ3) is 6.94. The molecule has 1 rings (SSSR count). The Labute approximate surface area is 115 Å². The lowest BCUT2D eigenvalue weighted by Crippen LogP contribution is -2.28. The van der Waals surface area contributed by atoms with Crippen molar-refractivity contribution >= 4 is 5.91 Å². The lowest BCUT2D eigenvalue weighted by Gasteiger charge is -2.12. The lowest BCUT2D eigenvalue weighted by molar-refractivity contribution is -0.121. The van der Waals surface area contributed by atoms with Crippen LogP contribution in [0, 0.1) is 0 Å². The van der Waals surface area contributed by atoms with Gasteiger partial charge in [-0.3, -0.25) is 4.79 Å². The fraction of sp³-hybridized carbons (Fsp3) is 0.533. The third-order valence-corrected chi connectivity index (χ3v) is 3.03. The SMILES string of the molecule is NCCCCCCC(=O)NCC(O)c1ccccc1. The van der Waals surface area contributed by atoms with Gasteiger partial charge in [0.15, 0.2) is 0 Å². The molecule has 0 aliphatic heterocycles. The van der Waals surface area contributed by atoms with E-state index >= 15 is 0 Å². The predicted octanol–water partition coefficient (Wildman–Crippen LogP) is 1.75. The number of carbonyl (C=O) groups is 1. The van der Waals surface area contributed by atoms with E-state index in [0.29, 0.717) is 6.42 Å². The number of benzene rings is 1. The molecule has 1 amide bonds. The smallest absolute Gasteiger partial charge is 0.220 e. The average Bonchev–Trinajstić information content (AvgIpc) is 2.45. The molecule has 1 aromatic rings. The van der Waals surface area contributed by atoms with E-state index in [9.17, 15) is 9.90 Å². The number of nitrogens with one attached hydrogen (secondary N) is 1. The van der Waals surface area contributed by atoms with Crippen LogP contribution in [0.25, 0.3) is 0 Å². The quantitative estimate of drug-likeness (QED) is 0.595. The van der Waals surface area contributed by atoms with Crippen molar-refractivity contribution in [3.63, 3.8) is 0 Å². The highest BCUT2D eigenvalue weighted by atomic mass is 16.3. The second-order valence-corrected chi connectivity index (χ2v) is 4.68. The van der Waals surface area contributed by atoms with E-state index in [0.717, 1.165) is 37.8 Å². The fourth-order valence-corrected chi connectivity index (χ4v) is 1.88. The second kappa shape index (κ2) is 9.53. The van der Waals surface area contributed by atoms with E-state index < -0.39 is 6.10 Å². The highest BCUT2D eigenvalue weighted by molar-refractivity contribution is 5.75. The van der Waals surface area contributed by atoms with E-state index in [4.69, 9.17) is 5.73 Å². The summed E-state index contributed by atoms with van der Waals surface area (Å²) >= 11 is 0. The van der Waals surface area contributed by atoms with Crippen molar-refractivity contribution in [3.8, 4) is 0 Å². The Bertz CT molecular complexity index is 354. The Morgan fingerprint density at radius 2 is 1.84 bits per heavy atom. The lowest BCUT2D eigenvalue weighted by atomic mass is 10.1.